The highest BCUT2D eigenvalue weighted by Crippen LogP contribution is 2.18. The molecule has 34 heavy (non-hydrogen) atoms. The first-order valence-corrected chi connectivity index (χ1v) is 13.4. The second-order valence-corrected chi connectivity index (χ2v) is 9.58. The van der Waals surface area contributed by atoms with Gasteiger partial charge in [0.1, 0.15) is 0 Å². The van der Waals surface area contributed by atoms with Crippen LogP contribution in [0.25, 0.3) is 0 Å². The van der Waals surface area contributed by atoms with Crippen molar-refractivity contribution in [3.63, 3.8) is 0 Å². The topological polar surface area (TPSA) is 115 Å². The lowest BCUT2D eigenvalue weighted by Gasteiger charge is -2.39. The van der Waals surface area contributed by atoms with Crippen LogP contribution in [0.4, 0.5) is 0 Å². The van der Waals surface area contributed by atoms with E-state index in [-0.39, 0.29) is 19.3 Å². The minimum Gasteiger partial charge on any atom is -0.550 e. The Morgan fingerprint density at radius 2 is 1.03 bits per heavy atom. The molecule has 7 heteroatoms. The van der Waals surface area contributed by atoms with Gasteiger partial charge in [0.05, 0.1) is 39.0 Å². The standard InChI is InChI=1S/C27H49NO6/c1-2-3-4-5-6-7-8-9-10-11-12-13-14-21-28(22-15-18-25(29)30,23-16-19-26(31)32)24-17-20-27(33)34/h6-7H,2-5,8-24H2,1H3,(H2-,29,30,31,32,33,34)/b7-6+. The molecule has 7 nitrogen and oxygen atoms in total. The predicted octanol–water partition coefficient (Wildman–Crippen LogP) is 4.93. The Morgan fingerprint density at radius 3 is 1.50 bits per heavy atom. The Morgan fingerprint density at radius 1 is 0.618 bits per heavy atom. The molecule has 0 amide bonds. The van der Waals surface area contributed by atoms with Crippen LogP contribution in [0.5, 0.6) is 0 Å². The van der Waals surface area contributed by atoms with E-state index >= 15 is 0 Å². The minimum atomic E-state index is -1.08. The highest BCUT2D eigenvalue weighted by Gasteiger charge is 2.26. The van der Waals surface area contributed by atoms with Gasteiger partial charge >= 0.3 is 11.9 Å². The maximum Gasteiger partial charge on any atom is 0.303 e. The van der Waals surface area contributed by atoms with Gasteiger partial charge in [-0.15, -0.1) is 0 Å². The van der Waals surface area contributed by atoms with Gasteiger partial charge in [-0.05, 0) is 44.9 Å². The summed E-state index contributed by atoms with van der Waals surface area (Å²) < 4.78 is 0.608. The second kappa shape index (κ2) is 21.6. The Kier molecular flexibility index (Phi) is 20.4. The van der Waals surface area contributed by atoms with Gasteiger partial charge in [0, 0.05) is 25.2 Å². The molecule has 0 aliphatic heterocycles. The van der Waals surface area contributed by atoms with Crippen molar-refractivity contribution in [3.05, 3.63) is 12.2 Å². The van der Waals surface area contributed by atoms with Crippen molar-refractivity contribution in [1.29, 1.82) is 0 Å². The van der Waals surface area contributed by atoms with E-state index in [0.717, 1.165) is 32.2 Å². The maximum absolute atomic E-state index is 11.0. The van der Waals surface area contributed by atoms with Gasteiger partial charge in [-0.25, -0.2) is 0 Å². The number of carboxylic acid groups (broad SMARTS) is 3. The van der Waals surface area contributed by atoms with Crippen molar-refractivity contribution < 1.29 is 34.2 Å². The molecule has 0 saturated carbocycles. The van der Waals surface area contributed by atoms with E-state index in [0.29, 0.717) is 43.4 Å². The van der Waals surface area contributed by atoms with Gasteiger partial charge in [0.25, 0.3) is 0 Å². The summed E-state index contributed by atoms with van der Waals surface area (Å²) in [6.45, 7) is 4.97. The summed E-state index contributed by atoms with van der Waals surface area (Å²) in [5, 5.41) is 29.0. The molecule has 0 spiro atoms. The molecule has 0 unspecified atom stereocenters. The molecule has 0 heterocycles. The predicted molar refractivity (Wildman–Crippen MR) is 133 cm³/mol. The summed E-state index contributed by atoms with van der Waals surface area (Å²) in [5.41, 5.74) is 0. The third-order valence-electron chi connectivity index (χ3n) is 6.45. The average molecular weight is 484 g/mol. The number of hydrogen-bond acceptors (Lipinski definition) is 4. The number of carbonyl (C=O) groups excluding carboxylic acids is 1. The van der Waals surface area contributed by atoms with E-state index < -0.39 is 17.9 Å². The van der Waals surface area contributed by atoms with E-state index in [1.54, 1.807) is 0 Å². The fourth-order valence-corrected chi connectivity index (χ4v) is 4.53. The minimum absolute atomic E-state index is 0.0229. The summed E-state index contributed by atoms with van der Waals surface area (Å²) in [4.78, 5) is 32.9. The van der Waals surface area contributed by atoms with Crippen LogP contribution in [0.1, 0.15) is 116 Å². The number of rotatable bonds is 25. The van der Waals surface area contributed by atoms with Crippen molar-refractivity contribution in [2.24, 2.45) is 0 Å². The van der Waals surface area contributed by atoms with E-state index in [1.807, 2.05) is 0 Å². The second-order valence-electron chi connectivity index (χ2n) is 9.58. The molecule has 0 fully saturated rings. The maximum atomic E-state index is 11.0. The molecule has 0 aliphatic rings. The molecule has 0 aromatic rings. The van der Waals surface area contributed by atoms with Crippen LogP contribution in [0.15, 0.2) is 12.2 Å². The van der Waals surface area contributed by atoms with Crippen LogP contribution in [0.2, 0.25) is 0 Å². The number of unbranched alkanes of at least 4 members (excludes halogenated alkanes) is 9. The van der Waals surface area contributed by atoms with E-state index in [4.69, 9.17) is 10.2 Å². The van der Waals surface area contributed by atoms with E-state index in [1.165, 1.54) is 44.9 Å². The first kappa shape index (κ1) is 32.1. The molecule has 0 saturated heterocycles. The summed E-state index contributed by atoms with van der Waals surface area (Å²) in [5.74, 6) is -2.76. The van der Waals surface area contributed by atoms with Crippen molar-refractivity contribution in [2.75, 3.05) is 26.2 Å². The average Bonchev–Trinajstić information content (AvgIpc) is 2.76. The lowest BCUT2D eigenvalue weighted by molar-refractivity contribution is -0.929. The summed E-state index contributed by atoms with van der Waals surface area (Å²) >= 11 is 0. The van der Waals surface area contributed by atoms with Gasteiger partial charge < -0.3 is 24.6 Å². The molecule has 0 radical (unpaired) electrons. The number of aliphatic carboxylic acids is 3. The van der Waals surface area contributed by atoms with Crippen LogP contribution < -0.4 is 5.11 Å². The Hall–Kier alpha value is -1.89. The summed E-state index contributed by atoms with van der Waals surface area (Å²) in [6.07, 6.45) is 19.3. The largest absolute Gasteiger partial charge is 0.550 e. The number of allylic oxidation sites excluding steroid dienone is 2. The lowest BCUT2D eigenvalue weighted by Crippen LogP contribution is -2.51. The smallest absolute Gasteiger partial charge is 0.303 e. The number of nitrogens with zero attached hydrogens (tertiary/aromatic N) is 1. The van der Waals surface area contributed by atoms with Crippen LogP contribution in [0, 0.1) is 0 Å². The molecule has 2 N–H and O–H groups in total. The first-order valence-electron chi connectivity index (χ1n) is 13.4. The third kappa shape index (κ3) is 20.7. The number of quaternary nitrogens is 1. The first-order chi connectivity index (χ1) is 16.3. The van der Waals surface area contributed by atoms with Gasteiger partial charge in [0.15, 0.2) is 0 Å². The highest BCUT2D eigenvalue weighted by molar-refractivity contribution is 5.66. The zero-order valence-electron chi connectivity index (χ0n) is 21.5. The summed E-state index contributed by atoms with van der Waals surface area (Å²) in [6, 6.07) is 0. The van der Waals surface area contributed by atoms with E-state index in [2.05, 4.69) is 19.1 Å². The summed E-state index contributed by atoms with van der Waals surface area (Å²) in [7, 11) is 0. The quantitative estimate of drug-likeness (QED) is 0.108. The zero-order chi connectivity index (χ0) is 25.5. The number of carboxylic acids is 3. The van der Waals surface area contributed by atoms with Crippen LogP contribution in [0.3, 0.4) is 0 Å². The van der Waals surface area contributed by atoms with Gasteiger partial charge in [-0.3, -0.25) is 9.59 Å². The molecule has 0 aromatic carbocycles. The molecule has 0 rings (SSSR count). The monoisotopic (exact) mass is 483 g/mol. The van der Waals surface area contributed by atoms with Crippen LogP contribution in [-0.4, -0.2) is 58.8 Å². The third-order valence-corrected chi connectivity index (χ3v) is 6.45. The van der Waals surface area contributed by atoms with Gasteiger partial charge in [0.2, 0.25) is 0 Å². The number of carbonyl (C=O) groups is 3. The SMILES string of the molecule is CCCCC/C=C/CCCCCCCC[N+](CCCC(=O)[O-])(CCCC(=O)O)CCCC(=O)O. The lowest BCUT2D eigenvalue weighted by atomic mass is 10.1. The number of hydrogen-bond donors (Lipinski definition) is 2. The Labute approximate surface area is 206 Å². The highest BCUT2D eigenvalue weighted by atomic mass is 16.4. The van der Waals surface area contributed by atoms with E-state index in [9.17, 15) is 19.5 Å². The van der Waals surface area contributed by atoms with Crippen molar-refractivity contribution >= 4 is 17.9 Å². The van der Waals surface area contributed by atoms with Gasteiger partial charge in [-0.2, -0.15) is 0 Å². The van der Waals surface area contributed by atoms with Crippen molar-refractivity contribution in [2.45, 2.75) is 116 Å². The normalized spacial score (nSPS) is 11.8. The Balaban J connectivity index is 4.48. The molecule has 0 aliphatic carbocycles. The van der Waals surface area contributed by atoms with Gasteiger partial charge in [-0.1, -0.05) is 51.2 Å². The zero-order valence-corrected chi connectivity index (χ0v) is 21.5. The fraction of sp³-hybridized carbons (Fsp3) is 0.815. The van der Waals surface area contributed by atoms with Crippen molar-refractivity contribution in [3.8, 4) is 0 Å². The van der Waals surface area contributed by atoms with Crippen LogP contribution in [-0.2, 0) is 14.4 Å². The molecule has 0 bridgehead atoms. The Bertz CT molecular complexity index is 525. The van der Waals surface area contributed by atoms with Crippen molar-refractivity contribution in [1.82, 2.24) is 0 Å². The molecule has 0 atom stereocenters. The fourth-order valence-electron chi connectivity index (χ4n) is 4.53. The molecular formula is C27H49NO6. The molecule has 0 aromatic heterocycles. The van der Waals surface area contributed by atoms with Crippen LogP contribution >= 0.6 is 0 Å². The molecule has 198 valence electrons. The molecular weight excluding hydrogens is 434 g/mol.